The molecule has 72 heavy (non-hydrogen) atoms. The van der Waals surface area contributed by atoms with E-state index in [-0.39, 0.29) is 25.2 Å². The molecule has 0 spiro atoms. The molecule has 1 atom stereocenters. The molecule has 0 aliphatic heterocycles. The highest BCUT2D eigenvalue weighted by Crippen LogP contribution is 2.15. The van der Waals surface area contributed by atoms with Crippen molar-refractivity contribution in [3.05, 3.63) is 146 Å². The van der Waals surface area contributed by atoms with E-state index < -0.39 is 6.10 Å². The van der Waals surface area contributed by atoms with Crippen LogP contribution in [0.15, 0.2) is 146 Å². The van der Waals surface area contributed by atoms with Crippen molar-refractivity contribution in [3.8, 4) is 0 Å². The molecule has 0 aromatic carbocycles. The van der Waals surface area contributed by atoms with Crippen LogP contribution in [0.1, 0.15) is 245 Å². The highest BCUT2D eigenvalue weighted by molar-refractivity contribution is 5.70. The Hall–Kier alpha value is -4.22. The Morgan fingerprint density at radius 3 is 0.833 bits per heavy atom. The van der Waals surface area contributed by atoms with Gasteiger partial charge in [-0.05, 0) is 116 Å². The molecule has 0 aromatic rings. The minimum absolute atomic E-state index is 0.0845. The molecule has 0 bridgehead atoms. The lowest BCUT2D eigenvalue weighted by molar-refractivity contribution is -0.161. The normalized spacial score (nSPS) is 13.3. The van der Waals surface area contributed by atoms with Crippen LogP contribution >= 0.6 is 0 Å². The topological polar surface area (TPSA) is 72.8 Å². The second-order valence-corrected chi connectivity index (χ2v) is 19.0. The number of aliphatic hydroxyl groups excluding tert-OH is 1. The van der Waals surface area contributed by atoms with Crippen molar-refractivity contribution in [2.45, 2.75) is 251 Å². The molecular weight excluding hydrogens is 885 g/mol. The van der Waals surface area contributed by atoms with E-state index in [4.69, 9.17) is 9.47 Å². The summed E-state index contributed by atoms with van der Waals surface area (Å²) in [5.74, 6) is -0.625. The Morgan fingerprint density at radius 1 is 0.319 bits per heavy atom. The Kier molecular flexibility index (Phi) is 57.5. The summed E-state index contributed by atoms with van der Waals surface area (Å²) in [5.41, 5.74) is 0. The van der Waals surface area contributed by atoms with Crippen molar-refractivity contribution < 1.29 is 24.2 Å². The summed E-state index contributed by atoms with van der Waals surface area (Å²) in [6.45, 7) is 3.90. The molecule has 406 valence electrons. The fraction of sp³-hybridized carbons (Fsp3) is 0.612. The number of unbranched alkanes of at least 4 members (excludes halogenated alkanes) is 20. The molecule has 0 heterocycles. The number of aliphatic hydroxyl groups is 1. The van der Waals surface area contributed by atoms with E-state index in [2.05, 4.69) is 160 Å². The third kappa shape index (κ3) is 58.4. The van der Waals surface area contributed by atoms with Crippen molar-refractivity contribution in [3.63, 3.8) is 0 Å². The quantitative estimate of drug-likeness (QED) is 0.0373. The maximum absolute atomic E-state index is 12.3. The van der Waals surface area contributed by atoms with Crippen LogP contribution < -0.4 is 0 Å². The van der Waals surface area contributed by atoms with Crippen LogP contribution in [0.2, 0.25) is 0 Å². The standard InChI is InChI=1S/C67H108O5/c1-3-5-7-9-11-13-15-17-19-21-23-25-27-29-31-33-35-37-39-41-43-45-47-49-51-53-55-57-59-61-66(69)71-64-65(63-68)72-67(70)62-60-58-56-54-52-50-48-46-44-42-40-38-36-34-32-30-28-26-24-22-20-18-16-14-12-10-8-6-4-2/h5-8,11-14,17-20,23-26,30,32,36,38,42,44,48,50,65,68H,3-4,9-10,15-16,21-22,27-29,31,33-35,37,39-41,43,45-47,49,51-64H2,1-2H3/b7-5-,8-6-,13-11-,14-12-,19-17-,20-18-,25-23-,26-24-,32-30-,38-36-,44-42-,50-48-. The summed E-state index contributed by atoms with van der Waals surface area (Å²) in [5, 5.41) is 9.66. The monoisotopic (exact) mass is 993 g/mol. The number of esters is 2. The molecule has 0 aliphatic carbocycles. The number of hydrogen-bond donors (Lipinski definition) is 1. The van der Waals surface area contributed by atoms with E-state index in [9.17, 15) is 14.7 Å². The van der Waals surface area contributed by atoms with Gasteiger partial charge in [-0.25, -0.2) is 0 Å². The molecule has 5 heteroatoms. The SMILES string of the molecule is CC/C=C\C/C=C\C/C=C\C/C=C\C/C=C\C/C=C\C/C=C\C/C=C\CCCCCCC(=O)OC(CO)COC(=O)CCCCCCCCCCCCCCCCCC/C=C\C/C=C\C/C=C\C/C=C\CC. The van der Waals surface area contributed by atoms with Crippen LogP contribution in [0.5, 0.6) is 0 Å². The maximum Gasteiger partial charge on any atom is 0.306 e. The summed E-state index contributed by atoms with van der Waals surface area (Å²) < 4.78 is 10.7. The number of carbonyl (C=O) groups excluding carboxylic acids is 2. The van der Waals surface area contributed by atoms with E-state index >= 15 is 0 Å². The first-order chi connectivity index (χ1) is 35.6. The molecule has 0 saturated heterocycles. The number of ether oxygens (including phenoxy) is 2. The van der Waals surface area contributed by atoms with Crippen LogP contribution in [-0.4, -0.2) is 36.4 Å². The molecule has 1 N–H and O–H groups in total. The zero-order chi connectivity index (χ0) is 52.0. The van der Waals surface area contributed by atoms with E-state index in [0.717, 1.165) is 128 Å². The summed E-state index contributed by atoms with van der Waals surface area (Å²) in [7, 11) is 0. The molecule has 0 aliphatic rings. The van der Waals surface area contributed by atoms with E-state index in [1.807, 2.05) is 0 Å². The number of hydrogen-bond acceptors (Lipinski definition) is 5. The second kappa shape index (κ2) is 61.1. The Bertz CT molecular complexity index is 1540. The summed E-state index contributed by atoms with van der Waals surface area (Å²) in [4.78, 5) is 24.6. The van der Waals surface area contributed by atoms with Gasteiger partial charge in [0.2, 0.25) is 0 Å². The van der Waals surface area contributed by atoms with Gasteiger partial charge in [0.25, 0.3) is 0 Å². The molecule has 5 nitrogen and oxygen atoms in total. The minimum atomic E-state index is -0.797. The van der Waals surface area contributed by atoms with Gasteiger partial charge in [-0.2, -0.15) is 0 Å². The van der Waals surface area contributed by atoms with Gasteiger partial charge in [0.1, 0.15) is 6.61 Å². The lowest BCUT2D eigenvalue weighted by Gasteiger charge is -2.15. The van der Waals surface area contributed by atoms with E-state index in [1.165, 1.54) is 89.9 Å². The summed E-state index contributed by atoms with van der Waals surface area (Å²) in [6, 6.07) is 0. The highest BCUT2D eigenvalue weighted by atomic mass is 16.6. The number of rotatable bonds is 52. The molecule has 0 fully saturated rings. The largest absolute Gasteiger partial charge is 0.462 e. The molecule has 0 amide bonds. The maximum atomic E-state index is 12.3. The molecule has 0 radical (unpaired) electrons. The van der Waals surface area contributed by atoms with E-state index in [1.54, 1.807) is 0 Å². The molecule has 0 saturated carbocycles. The van der Waals surface area contributed by atoms with Crippen molar-refractivity contribution in [2.24, 2.45) is 0 Å². The minimum Gasteiger partial charge on any atom is -0.462 e. The Morgan fingerprint density at radius 2 is 0.556 bits per heavy atom. The molecular formula is C67H108O5. The third-order valence-corrected chi connectivity index (χ3v) is 12.1. The van der Waals surface area contributed by atoms with Gasteiger partial charge in [0.15, 0.2) is 6.10 Å². The predicted octanol–water partition coefficient (Wildman–Crippen LogP) is 20.2. The number of allylic oxidation sites excluding steroid dienone is 24. The van der Waals surface area contributed by atoms with Gasteiger partial charge in [-0.3, -0.25) is 9.59 Å². The molecule has 0 rings (SSSR count). The fourth-order valence-corrected chi connectivity index (χ4v) is 7.80. The van der Waals surface area contributed by atoms with Gasteiger partial charge >= 0.3 is 11.9 Å². The first-order valence-electron chi connectivity index (χ1n) is 29.4. The Labute approximate surface area is 444 Å². The first kappa shape index (κ1) is 67.8. The van der Waals surface area contributed by atoms with Crippen LogP contribution in [0.25, 0.3) is 0 Å². The third-order valence-electron chi connectivity index (χ3n) is 12.1. The van der Waals surface area contributed by atoms with Gasteiger partial charge < -0.3 is 14.6 Å². The van der Waals surface area contributed by atoms with Crippen molar-refractivity contribution in [2.75, 3.05) is 13.2 Å². The average Bonchev–Trinajstić information content (AvgIpc) is 3.38. The molecule has 0 aromatic heterocycles. The van der Waals surface area contributed by atoms with Crippen molar-refractivity contribution in [1.82, 2.24) is 0 Å². The van der Waals surface area contributed by atoms with E-state index in [0.29, 0.717) is 12.8 Å². The summed E-state index contributed by atoms with van der Waals surface area (Å²) >= 11 is 0. The smallest absolute Gasteiger partial charge is 0.306 e. The van der Waals surface area contributed by atoms with Crippen molar-refractivity contribution in [1.29, 1.82) is 0 Å². The lowest BCUT2D eigenvalue weighted by atomic mass is 10.0. The predicted molar refractivity (Wildman–Crippen MR) is 315 cm³/mol. The van der Waals surface area contributed by atoms with Gasteiger partial charge in [-0.1, -0.05) is 262 Å². The van der Waals surface area contributed by atoms with Crippen LogP contribution in [0.4, 0.5) is 0 Å². The van der Waals surface area contributed by atoms with Gasteiger partial charge in [0.05, 0.1) is 6.61 Å². The zero-order valence-electron chi connectivity index (χ0n) is 46.4. The van der Waals surface area contributed by atoms with Gasteiger partial charge in [-0.15, -0.1) is 0 Å². The van der Waals surface area contributed by atoms with Crippen LogP contribution in [0, 0.1) is 0 Å². The van der Waals surface area contributed by atoms with Crippen molar-refractivity contribution >= 4 is 11.9 Å². The lowest BCUT2D eigenvalue weighted by Crippen LogP contribution is -2.28. The zero-order valence-corrected chi connectivity index (χ0v) is 46.4. The molecule has 1 unspecified atom stereocenters. The fourth-order valence-electron chi connectivity index (χ4n) is 7.80. The van der Waals surface area contributed by atoms with Crippen LogP contribution in [-0.2, 0) is 19.1 Å². The first-order valence-corrected chi connectivity index (χ1v) is 29.4. The number of carbonyl (C=O) groups is 2. The highest BCUT2D eigenvalue weighted by Gasteiger charge is 2.16. The second-order valence-electron chi connectivity index (χ2n) is 19.0. The Balaban J connectivity index is 3.59. The average molecular weight is 994 g/mol. The van der Waals surface area contributed by atoms with Gasteiger partial charge in [0, 0.05) is 12.8 Å². The van der Waals surface area contributed by atoms with Crippen LogP contribution in [0.3, 0.4) is 0 Å². The summed E-state index contributed by atoms with van der Waals surface area (Å²) in [6.07, 6.45) is 92.5.